The predicted octanol–water partition coefficient (Wildman–Crippen LogP) is 3.07. The first kappa shape index (κ1) is 19.4. The molecular formula is C19H19ClN2O4S. The highest BCUT2D eigenvalue weighted by Gasteiger charge is 2.36. The number of halogens is 1. The summed E-state index contributed by atoms with van der Waals surface area (Å²) in [4.78, 5) is 26.6. The van der Waals surface area contributed by atoms with Crippen LogP contribution in [0.3, 0.4) is 0 Å². The van der Waals surface area contributed by atoms with Crippen molar-refractivity contribution >= 4 is 39.1 Å². The zero-order valence-electron chi connectivity index (χ0n) is 14.8. The van der Waals surface area contributed by atoms with Crippen LogP contribution in [0, 0.1) is 0 Å². The molecule has 0 saturated carbocycles. The molecule has 0 radical (unpaired) electrons. The van der Waals surface area contributed by atoms with Crippen LogP contribution in [-0.2, 0) is 21.4 Å². The number of amides is 2. The number of carbonyl (C=O) groups is 2. The largest absolute Gasteiger partial charge is 0.335 e. The molecule has 2 aromatic rings. The summed E-state index contributed by atoms with van der Waals surface area (Å²) >= 11 is 6.21. The predicted molar refractivity (Wildman–Crippen MR) is 104 cm³/mol. The Hall–Kier alpha value is -2.38. The van der Waals surface area contributed by atoms with E-state index in [2.05, 4.69) is 0 Å². The van der Waals surface area contributed by atoms with Crippen molar-refractivity contribution in [1.29, 1.82) is 0 Å². The molecule has 1 heterocycles. The Labute approximate surface area is 163 Å². The lowest BCUT2D eigenvalue weighted by atomic mass is 10.1. The van der Waals surface area contributed by atoms with E-state index in [-0.39, 0.29) is 34.4 Å². The van der Waals surface area contributed by atoms with Gasteiger partial charge >= 0.3 is 0 Å². The molecule has 1 saturated heterocycles. The molecule has 142 valence electrons. The average molecular weight is 407 g/mol. The van der Waals surface area contributed by atoms with Crippen LogP contribution in [0.15, 0.2) is 48.5 Å². The van der Waals surface area contributed by atoms with Crippen molar-refractivity contribution < 1.29 is 18.0 Å². The molecule has 1 aliphatic heterocycles. The van der Waals surface area contributed by atoms with E-state index in [0.717, 1.165) is 9.87 Å². The van der Waals surface area contributed by atoms with Crippen molar-refractivity contribution in [2.45, 2.75) is 19.9 Å². The van der Waals surface area contributed by atoms with Gasteiger partial charge in [0.2, 0.25) is 15.9 Å². The van der Waals surface area contributed by atoms with E-state index in [1.807, 2.05) is 37.3 Å². The molecule has 6 nitrogen and oxygen atoms in total. The summed E-state index contributed by atoms with van der Waals surface area (Å²) in [5.74, 6) is -1.06. The van der Waals surface area contributed by atoms with Crippen LogP contribution in [0.4, 0.5) is 5.69 Å². The second kappa shape index (κ2) is 7.70. The number of anilines is 1. The molecule has 0 N–H and O–H groups in total. The normalized spacial score (nSPS) is 15.8. The fourth-order valence-corrected chi connectivity index (χ4v) is 4.62. The fraction of sp³-hybridized carbons (Fsp3) is 0.263. The van der Waals surface area contributed by atoms with E-state index in [9.17, 15) is 18.0 Å². The van der Waals surface area contributed by atoms with Gasteiger partial charge in [0.05, 0.1) is 22.0 Å². The third-order valence-corrected chi connectivity index (χ3v) is 6.40. The summed E-state index contributed by atoms with van der Waals surface area (Å²) in [6.45, 7) is 2.71. The summed E-state index contributed by atoms with van der Waals surface area (Å²) in [6.07, 6.45) is -0.0661. The Morgan fingerprint density at radius 1 is 1.19 bits per heavy atom. The summed E-state index contributed by atoms with van der Waals surface area (Å²) in [6, 6.07) is 13.8. The molecule has 2 aromatic carbocycles. The minimum atomic E-state index is -3.70. The van der Waals surface area contributed by atoms with Crippen LogP contribution < -0.4 is 4.31 Å². The smallest absolute Gasteiger partial charge is 0.255 e. The number of rotatable bonds is 5. The van der Waals surface area contributed by atoms with Crippen LogP contribution in [0.5, 0.6) is 0 Å². The summed E-state index contributed by atoms with van der Waals surface area (Å²) in [7, 11) is -3.70. The van der Waals surface area contributed by atoms with Crippen molar-refractivity contribution in [1.82, 2.24) is 4.90 Å². The van der Waals surface area contributed by atoms with Crippen molar-refractivity contribution in [3.05, 3.63) is 64.7 Å². The Bertz CT molecular complexity index is 976. The van der Waals surface area contributed by atoms with Gasteiger partial charge in [-0.05, 0) is 30.7 Å². The molecule has 2 amide bonds. The van der Waals surface area contributed by atoms with Crippen LogP contribution in [0.2, 0.25) is 5.02 Å². The zero-order valence-corrected chi connectivity index (χ0v) is 16.3. The van der Waals surface area contributed by atoms with Gasteiger partial charge in [0.1, 0.15) is 0 Å². The van der Waals surface area contributed by atoms with Crippen molar-refractivity contribution in [2.75, 3.05) is 16.6 Å². The van der Waals surface area contributed by atoms with E-state index in [1.54, 1.807) is 4.90 Å². The molecule has 0 atom stereocenters. The molecule has 27 heavy (non-hydrogen) atoms. The van der Waals surface area contributed by atoms with E-state index in [1.165, 1.54) is 18.2 Å². The highest BCUT2D eigenvalue weighted by molar-refractivity contribution is 7.94. The molecule has 1 aliphatic rings. The summed E-state index contributed by atoms with van der Waals surface area (Å²) in [5.41, 5.74) is 1.28. The summed E-state index contributed by atoms with van der Waals surface area (Å²) < 4.78 is 25.1. The lowest BCUT2D eigenvalue weighted by Crippen LogP contribution is -2.32. The molecule has 0 bridgehead atoms. The molecule has 8 heteroatoms. The second-order valence-electron chi connectivity index (χ2n) is 6.19. The van der Waals surface area contributed by atoms with Gasteiger partial charge in [-0.2, -0.15) is 0 Å². The van der Waals surface area contributed by atoms with Gasteiger partial charge in [-0.1, -0.05) is 41.9 Å². The van der Waals surface area contributed by atoms with Gasteiger partial charge in [-0.25, -0.2) is 12.7 Å². The maximum Gasteiger partial charge on any atom is 0.255 e. The molecule has 3 rings (SSSR count). The van der Waals surface area contributed by atoms with Crippen molar-refractivity contribution in [2.24, 2.45) is 0 Å². The van der Waals surface area contributed by atoms with Crippen molar-refractivity contribution in [3.8, 4) is 0 Å². The van der Waals surface area contributed by atoms with E-state index >= 15 is 0 Å². The molecule has 0 aromatic heterocycles. The SMILES string of the molecule is CCN(Cc1ccccc1)C(=O)c1cc(N2C(=O)CCS2(=O)=O)ccc1Cl. The highest BCUT2D eigenvalue weighted by Crippen LogP contribution is 2.30. The van der Waals surface area contributed by atoms with E-state index in [0.29, 0.717) is 13.1 Å². The first-order valence-corrected chi connectivity index (χ1v) is 10.5. The Morgan fingerprint density at radius 3 is 2.48 bits per heavy atom. The third-order valence-electron chi connectivity index (χ3n) is 4.38. The maximum atomic E-state index is 13.0. The number of nitrogens with zero attached hydrogens (tertiary/aromatic N) is 2. The van der Waals surface area contributed by atoms with Crippen LogP contribution in [0.25, 0.3) is 0 Å². The quantitative estimate of drug-likeness (QED) is 0.764. The van der Waals surface area contributed by atoms with E-state index in [4.69, 9.17) is 11.6 Å². The zero-order chi connectivity index (χ0) is 19.6. The Kier molecular flexibility index (Phi) is 5.53. The Morgan fingerprint density at radius 2 is 1.89 bits per heavy atom. The molecule has 1 fully saturated rings. The number of benzene rings is 2. The first-order valence-electron chi connectivity index (χ1n) is 8.52. The number of sulfonamides is 1. The highest BCUT2D eigenvalue weighted by atomic mass is 35.5. The molecule has 0 unspecified atom stereocenters. The van der Waals surface area contributed by atoms with Gasteiger partial charge in [-0.15, -0.1) is 0 Å². The van der Waals surface area contributed by atoms with Gasteiger partial charge in [0.15, 0.2) is 0 Å². The minimum absolute atomic E-state index is 0.0661. The average Bonchev–Trinajstić information content (AvgIpc) is 2.93. The van der Waals surface area contributed by atoms with Crippen LogP contribution >= 0.6 is 11.6 Å². The lowest BCUT2D eigenvalue weighted by molar-refractivity contribution is -0.116. The van der Waals surface area contributed by atoms with E-state index < -0.39 is 15.9 Å². The van der Waals surface area contributed by atoms with Gasteiger partial charge in [-0.3, -0.25) is 9.59 Å². The van der Waals surface area contributed by atoms with Crippen LogP contribution in [-0.4, -0.2) is 37.4 Å². The van der Waals surface area contributed by atoms with Gasteiger partial charge in [0, 0.05) is 19.5 Å². The standard InChI is InChI=1S/C19H19ClN2O4S/c1-2-21(13-14-6-4-3-5-7-14)19(24)16-12-15(8-9-17(16)20)22-18(23)10-11-27(22,25)26/h3-9,12H,2,10-11,13H2,1H3. The lowest BCUT2D eigenvalue weighted by Gasteiger charge is -2.23. The van der Waals surface area contributed by atoms with Gasteiger partial charge in [0.25, 0.3) is 5.91 Å². The Balaban J connectivity index is 1.93. The number of hydrogen-bond donors (Lipinski definition) is 0. The molecule has 0 spiro atoms. The first-order chi connectivity index (χ1) is 12.8. The fourth-order valence-electron chi connectivity index (χ4n) is 2.97. The second-order valence-corrected chi connectivity index (χ2v) is 8.54. The topological polar surface area (TPSA) is 74.8 Å². The summed E-state index contributed by atoms with van der Waals surface area (Å²) in [5, 5.41) is 0.208. The molecule has 0 aliphatic carbocycles. The number of carbonyl (C=O) groups excluding carboxylic acids is 2. The maximum absolute atomic E-state index is 13.0. The minimum Gasteiger partial charge on any atom is -0.335 e. The monoisotopic (exact) mass is 406 g/mol. The molecular weight excluding hydrogens is 388 g/mol. The van der Waals surface area contributed by atoms with Crippen LogP contribution in [0.1, 0.15) is 29.3 Å². The van der Waals surface area contributed by atoms with Crippen molar-refractivity contribution in [3.63, 3.8) is 0 Å². The third kappa shape index (κ3) is 3.99. The van der Waals surface area contributed by atoms with Gasteiger partial charge < -0.3 is 4.90 Å². The number of hydrogen-bond acceptors (Lipinski definition) is 4.